The number of nitrogens with one attached hydrogen (secondary N) is 1. The SMILES string of the molecule is C[C@@H](C(=O)NC1CCCCC1)N(Cc1ccc(Cl)cc1Cl)C(=O)Cc1ccc(Cl)cc1. The lowest BCUT2D eigenvalue weighted by molar-refractivity contribution is -0.140. The van der Waals surface area contributed by atoms with Crippen LogP contribution >= 0.6 is 34.8 Å². The lowest BCUT2D eigenvalue weighted by Gasteiger charge is -2.31. The average molecular weight is 482 g/mol. The zero-order valence-corrected chi connectivity index (χ0v) is 19.8. The molecule has 1 aliphatic carbocycles. The summed E-state index contributed by atoms with van der Waals surface area (Å²) in [6.45, 7) is 1.99. The molecule has 166 valence electrons. The summed E-state index contributed by atoms with van der Waals surface area (Å²) in [7, 11) is 0. The third kappa shape index (κ3) is 6.86. The van der Waals surface area contributed by atoms with Crippen molar-refractivity contribution in [3.05, 3.63) is 68.7 Å². The number of rotatable bonds is 7. The van der Waals surface area contributed by atoms with Crippen LogP contribution in [0.25, 0.3) is 0 Å². The Kier molecular flexibility index (Phi) is 8.65. The molecule has 0 heterocycles. The fraction of sp³-hybridized carbons (Fsp3) is 0.417. The van der Waals surface area contributed by atoms with E-state index in [1.165, 1.54) is 6.42 Å². The standard InChI is InChI=1S/C24H27Cl3N2O2/c1-16(24(31)28-21-5-3-2-4-6-21)29(15-18-9-12-20(26)14-22(18)27)23(30)13-17-7-10-19(25)11-8-17/h7-12,14,16,21H,2-6,13,15H2,1H3,(H,28,31)/t16-/m0/s1. The number of halogens is 3. The first-order valence-corrected chi connectivity index (χ1v) is 11.7. The molecule has 0 unspecified atom stereocenters. The molecule has 0 bridgehead atoms. The fourth-order valence-corrected chi connectivity index (χ4v) is 4.46. The van der Waals surface area contributed by atoms with Gasteiger partial charge in [0.05, 0.1) is 6.42 Å². The minimum atomic E-state index is -0.631. The molecule has 2 aromatic carbocycles. The van der Waals surface area contributed by atoms with Crippen LogP contribution in [0.4, 0.5) is 0 Å². The summed E-state index contributed by atoms with van der Waals surface area (Å²) in [6, 6.07) is 11.9. The molecule has 2 aromatic rings. The highest BCUT2D eigenvalue weighted by Gasteiger charge is 2.28. The summed E-state index contributed by atoms with van der Waals surface area (Å²) in [6.07, 6.45) is 5.60. The average Bonchev–Trinajstić information content (AvgIpc) is 2.75. The Bertz CT molecular complexity index is 912. The van der Waals surface area contributed by atoms with Crippen LogP contribution in [0.15, 0.2) is 42.5 Å². The van der Waals surface area contributed by atoms with Crippen LogP contribution in [-0.2, 0) is 22.6 Å². The van der Waals surface area contributed by atoms with E-state index in [2.05, 4.69) is 5.32 Å². The van der Waals surface area contributed by atoms with Crippen molar-refractivity contribution >= 4 is 46.6 Å². The molecule has 1 N–H and O–H groups in total. The second-order valence-electron chi connectivity index (χ2n) is 8.08. The summed E-state index contributed by atoms with van der Waals surface area (Å²) in [4.78, 5) is 27.9. The second-order valence-corrected chi connectivity index (χ2v) is 9.36. The summed E-state index contributed by atoms with van der Waals surface area (Å²) in [5.41, 5.74) is 1.58. The maximum atomic E-state index is 13.3. The first-order chi connectivity index (χ1) is 14.8. The van der Waals surface area contributed by atoms with Crippen LogP contribution in [0.3, 0.4) is 0 Å². The van der Waals surface area contributed by atoms with Gasteiger partial charge in [0.15, 0.2) is 0 Å². The molecule has 0 aromatic heterocycles. The number of hydrogen-bond donors (Lipinski definition) is 1. The number of nitrogens with zero attached hydrogens (tertiary/aromatic N) is 1. The van der Waals surface area contributed by atoms with E-state index in [1.54, 1.807) is 42.2 Å². The van der Waals surface area contributed by atoms with Crippen LogP contribution in [0, 0.1) is 0 Å². The van der Waals surface area contributed by atoms with Gasteiger partial charge in [0, 0.05) is 27.7 Å². The van der Waals surface area contributed by atoms with E-state index in [1.807, 2.05) is 12.1 Å². The van der Waals surface area contributed by atoms with Crippen molar-refractivity contribution < 1.29 is 9.59 Å². The monoisotopic (exact) mass is 480 g/mol. The number of carbonyl (C=O) groups excluding carboxylic acids is 2. The minimum absolute atomic E-state index is 0.138. The molecule has 7 heteroatoms. The van der Waals surface area contributed by atoms with Gasteiger partial charge in [0.1, 0.15) is 6.04 Å². The minimum Gasteiger partial charge on any atom is -0.352 e. The van der Waals surface area contributed by atoms with Gasteiger partial charge in [-0.2, -0.15) is 0 Å². The van der Waals surface area contributed by atoms with E-state index >= 15 is 0 Å². The van der Waals surface area contributed by atoms with Gasteiger partial charge in [-0.15, -0.1) is 0 Å². The Morgan fingerprint density at radius 1 is 1.00 bits per heavy atom. The molecular weight excluding hydrogens is 455 g/mol. The van der Waals surface area contributed by atoms with E-state index in [-0.39, 0.29) is 30.8 Å². The van der Waals surface area contributed by atoms with E-state index in [0.717, 1.165) is 36.8 Å². The predicted molar refractivity (Wildman–Crippen MR) is 127 cm³/mol. The van der Waals surface area contributed by atoms with Gasteiger partial charge in [0.2, 0.25) is 11.8 Å². The van der Waals surface area contributed by atoms with Crippen molar-refractivity contribution in [2.75, 3.05) is 0 Å². The van der Waals surface area contributed by atoms with Gasteiger partial charge in [-0.05, 0) is 55.2 Å². The second kappa shape index (κ2) is 11.2. The molecule has 0 saturated heterocycles. The first-order valence-electron chi connectivity index (χ1n) is 10.6. The summed E-state index contributed by atoms with van der Waals surface area (Å²) < 4.78 is 0. The van der Waals surface area contributed by atoms with Crippen LogP contribution in [-0.4, -0.2) is 28.8 Å². The Balaban J connectivity index is 1.78. The maximum absolute atomic E-state index is 13.3. The summed E-state index contributed by atoms with van der Waals surface area (Å²) in [5, 5.41) is 4.74. The van der Waals surface area contributed by atoms with Gasteiger partial charge in [-0.1, -0.05) is 72.3 Å². The number of hydrogen-bond acceptors (Lipinski definition) is 2. The van der Waals surface area contributed by atoms with Crippen molar-refractivity contribution in [3.8, 4) is 0 Å². The largest absolute Gasteiger partial charge is 0.352 e. The molecule has 0 radical (unpaired) electrons. The molecule has 1 saturated carbocycles. The molecule has 31 heavy (non-hydrogen) atoms. The molecule has 1 fully saturated rings. The highest BCUT2D eigenvalue weighted by atomic mass is 35.5. The highest BCUT2D eigenvalue weighted by molar-refractivity contribution is 6.35. The maximum Gasteiger partial charge on any atom is 0.242 e. The van der Waals surface area contributed by atoms with Crippen LogP contribution < -0.4 is 5.32 Å². The van der Waals surface area contributed by atoms with Crippen LogP contribution in [0.5, 0.6) is 0 Å². The third-order valence-corrected chi connectivity index (χ3v) is 6.58. The van der Waals surface area contributed by atoms with Gasteiger partial charge in [-0.3, -0.25) is 9.59 Å². The molecule has 3 rings (SSSR count). The first kappa shape index (κ1) is 23.9. The number of benzene rings is 2. The van der Waals surface area contributed by atoms with Crippen LogP contribution in [0.1, 0.15) is 50.2 Å². The topological polar surface area (TPSA) is 49.4 Å². The van der Waals surface area contributed by atoms with E-state index in [0.29, 0.717) is 15.1 Å². The van der Waals surface area contributed by atoms with Crippen molar-refractivity contribution in [3.63, 3.8) is 0 Å². The molecule has 2 amide bonds. The summed E-state index contributed by atoms with van der Waals surface area (Å²) >= 11 is 18.3. The van der Waals surface area contributed by atoms with Gasteiger partial charge >= 0.3 is 0 Å². The highest BCUT2D eigenvalue weighted by Crippen LogP contribution is 2.24. The molecule has 0 aliphatic heterocycles. The van der Waals surface area contributed by atoms with Crippen molar-refractivity contribution in [2.45, 2.75) is 64.1 Å². The smallest absolute Gasteiger partial charge is 0.242 e. The predicted octanol–water partition coefficient (Wildman–Crippen LogP) is 6.06. The van der Waals surface area contributed by atoms with E-state index in [9.17, 15) is 9.59 Å². The third-order valence-electron chi connectivity index (χ3n) is 5.74. The molecule has 0 spiro atoms. The number of amides is 2. The van der Waals surface area contributed by atoms with E-state index in [4.69, 9.17) is 34.8 Å². The fourth-order valence-electron chi connectivity index (χ4n) is 3.86. The Hall–Kier alpha value is -1.75. The lowest BCUT2D eigenvalue weighted by Crippen LogP contribution is -2.50. The zero-order chi connectivity index (χ0) is 22.4. The quantitative estimate of drug-likeness (QED) is 0.523. The molecule has 4 nitrogen and oxygen atoms in total. The van der Waals surface area contributed by atoms with Crippen LogP contribution in [0.2, 0.25) is 15.1 Å². The Morgan fingerprint density at radius 3 is 2.29 bits per heavy atom. The normalized spacial score (nSPS) is 15.4. The van der Waals surface area contributed by atoms with Gasteiger partial charge < -0.3 is 10.2 Å². The van der Waals surface area contributed by atoms with Crippen molar-refractivity contribution in [2.24, 2.45) is 0 Å². The van der Waals surface area contributed by atoms with Gasteiger partial charge in [-0.25, -0.2) is 0 Å². The van der Waals surface area contributed by atoms with Crippen molar-refractivity contribution in [1.29, 1.82) is 0 Å². The van der Waals surface area contributed by atoms with E-state index < -0.39 is 6.04 Å². The Morgan fingerprint density at radius 2 is 1.65 bits per heavy atom. The molecule has 1 atom stereocenters. The zero-order valence-electron chi connectivity index (χ0n) is 17.5. The summed E-state index contributed by atoms with van der Waals surface area (Å²) in [5.74, 6) is -0.291. The van der Waals surface area contributed by atoms with Crippen molar-refractivity contribution in [1.82, 2.24) is 10.2 Å². The Labute approximate surface area is 198 Å². The molecule has 1 aliphatic rings. The molecular formula is C24H27Cl3N2O2. The lowest BCUT2D eigenvalue weighted by atomic mass is 9.95. The van der Waals surface area contributed by atoms with Gasteiger partial charge in [0.25, 0.3) is 0 Å². The number of carbonyl (C=O) groups is 2.